The first-order valence-electron chi connectivity index (χ1n) is 7.14. The Hall–Kier alpha value is -2.08. The molecule has 1 aromatic carbocycles. The van der Waals surface area contributed by atoms with Gasteiger partial charge in [0.05, 0.1) is 6.04 Å². The second kappa shape index (κ2) is 7.08. The second-order valence-corrected chi connectivity index (χ2v) is 5.39. The highest BCUT2D eigenvalue weighted by atomic mass is 16.2. The molecule has 1 aliphatic rings. The number of carbonyl (C=O) groups excluding carboxylic acids is 2. The highest BCUT2D eigenvalue weighted by Crippen LogP contribution is 2.11. The molecule has 1 fully saturated rings. The van der Waals surface area contributed by atoms with Crippen LogP contribution in [0.1, 0.15) is 18.4 Å². The molecule has 0 radical (unpaired) electrons. The van der Waals surface area contributed by atoms with Crippen molar-refractivity contribution < 1.29 is 9.59 Å². The van der Waals surface area contributed by atoms with Crippen molar-refractivity contribution in [3.8, 4) is 0 Å². The van der Waals surface area contributed by atoms with Crippen molar-refractivity contribution in [1.82, 2.24) is 15.5 Å². The lowest BCUT2D eigenvalue weighted by molar-refractivity contribution is -0.122. The molecule has 21 heavy (non-hydrogen) atoms. The number of hydrogen-bond acceptors (Lipinski definition) is 3. The predicted molar refractivity (Wildman–Crippen MR) is 82.0 cm³/mol. The molecule has 1 heterocycles. The summed E-state index contributed by atoms with van der Waals surface area (Å²) in [7, 11) is 3.38. The molecule has 6 heteroatoms. The number of urea groups is 1. The summed E-state index contributed by atoms with van der Waals surface area (Å²) in [5.74, 6) is 0.0373. The summed E-state index contributed by atoms with van der Waals surface area (Å²) in [6.07, 6.45) is 1.94. The zero-order chi connectivity index (χ0) is 15.2. The van der Waals surface area contributed by atoms with E-state index in [0.29, 0.717) is 6.54 Å². The van der Waals surface area contributed by atoms with E-state index in [2.05, 4.69) is 16.0 Å². The lowest BCUT2D eigenvalue weighted by atomic mass is 10.2. The van der Waals surface area contributed by atoms with Crippen LogP contribution in [-0.4, -0.2) is 43.5 Å². The molecule has 1 saturated heterocycles. The van der Waals surface area contributed by atoms with E-state index < -0.39 is 0 Å². The summed E-state index contributed by atoms with van der Waals surface area (Å²) in [6.45, 7) is 1.37. The Morgan fingerprint density at radius 3 is 2.86 bits per heavy atom. The molecule has 1 aromatic rings. The van der Waals surface area contributed by atoms with Crippen LogP contribution < -0.4 is 16.0 Å². The molecule has 1 unspecified atom stereocenters. The van der Waals surface area contributed by atoms with Crippen molar-refractivity contribution in [3.05, 3.63) is 29.8 Å². The number of benzene rings is 1. The van der Waals surface area contributed by atoms with Crippen LogP contribution in [0, 0.1) is 0 Å². The standard InChI is InChI=1S/C15H22N4O2/c1-19(2)15(21)18-12-6-3-5-11(9-12)10-17-14(20)13-7-4-8-16-13/h3,5-6,9,13,16H,4,7-8,10H2,1-2H3,(H,17,20)(H,18,21). The van der Waals surface area contributed by atoms with E-state index in [1.807, 2.05) is 24.3 Å². The molecule has 0 bridgehead atoms. The van der Waals surface area contributed by atoms with E-state index in [4.69, 9.17) is 0 Å². The summed E-state index contributed by atoms with van der Waals surface area (Å²) in [5.41, 5.74) is 1.68. The van der Waals surface area contributed by atoms with E-state index >= 15 is 0 Å². The fourth-order valence-electron chi connectivity index (χ4n) is 2.22. The fourth-order valence-corrected chi connectivity index (χ4v) is 2.22. The average Bonchev–Trinajstić information content (AvgIpc) is 2.99. The summed E-state index contributed by atoms with van der Waals surface area (Å²) >= 11 is 0. The largest absolute Gasteiger partial charge is 0.351 e. The molecule has 0 aromatic heterocycles. The first-order chi connectivity index (χ1) is 10.1. The molecule has 1 aliphatic heterocycles. The number of carbonyl (C=O) groups is 2. The van der Waals surface area contributed by atoms with Gasteiger partial charge in [-0.15, -0.1) is 0 Å². The Morgan fingerprint density at radius 1 is 1.38 bits per heavy atom. The molecule has 0 saturated carbocycles. The molecule has 0 aliphatic carbocycles. The number of hydrogen-bond donors (Lipinski definition) is 3. The summed E-state index contributed by atoms with van der Waals surface area (Å²) in [6, 6.07) is 7.23. The Balaban J connectivity index is 1.88. The van der Waals surface area contributed by atoms with Crippen LogP contribution in [0.3, 0.4) is 0 Å². The minimum Gasteiger partial charge on any atom is -0.351 e. The van der Waals surface area contributed by atoms with Gasteiger partial charge in [0.15, 0.2) is 0 Å². The van der Waals surface area contributed by atoms with E-state index in [1.54, 1.807) is 14.1 Å². The minimum absolute atomic E-state index is 0.0373. The van der Waals surface area contributed by atoms with Crippen LogP contribution >= 0.6 is 0 Å². The number of rotatable bonds is 4. The fraction of sp³-hybridized carbons (Fsp3) is 0.467. The van der Waals surface area contributed by atoms with Crippen LogP contribution in [0.25, 0.3) is 0 Å². The van der Waals surface area contributed by atoms with Crippen LogP contribution in [0.2, 0.25) is 0 Å². The van der Waals surface area contributed by atoms with Gasteiger partial charge >= 0.3 is 6.03 Å². The second-order valence-electron chi connectivity index (χ2n) is 5.39. The minimum atomic E-state index is -0.175. The third-order valence-electron chi connectivity index (χ3n) is 3.43. The highest BCUT2D eigenvalue weighted by molar-refractivity contribution is 5.89. The van der Waals surface area contributed by atoms with Crippen molar-refractivity contribution in [2.75, 3.05) is 26.0 Å². The van der Waals surface area contributed by atoms with E-state index in [-0.39, 0.29) is 18.0 Å². The van der Waals surface area contributed by atoms with Crippen LogP contribution in [-0.2, 0) is 11.3 Å². The lowest BCUT2D eigenvalue weighted by Gasteiger charge is -2.14. The Bertz CT molecular complexity index is 510. The van der Waals surface area contributed by atoms with Gasteiger partial charge in [-0.3, -0.25) is 4.79 Å². The maximum absolute atomic E-state index is 11.9. The first kappa shape index (κ1) is 15.3. The summed E-state index contributed by atoms with van der Waals surface area (Å²) < 4.78 is 0. The molecular formula is C15H22N4O2. The van der Waals surface area contributed by atoms with Gasteiger partial charge in [0.2, 0.25) is 5.91 Å². The van der Waals surface area contributed by atoms with Gasteiger partial charge in [0.25, 0.3) is 0 Å². The van der Waals surface area contributed by atoms with Gasteiger partial charge in [-0.2, -0.15) is 0 Å². The number of amides is 3. The average molecular weight is 290 g/mol. The monoisotopic (exact) mass is 290 g/mol. The maximum atomic E-state index is 11.9. The van der Waals surface area contributed by atoms with E-state index in [0.717, 1.165) is 30.6 Å². The van der Waals surface area contributed by atoms with Gasteiger partial charge in [-0.1, -0.05) is 12.1 Å². The Labute approximate surface area is 124 Å². The SMILES string of the molecule is CN(C)C(=O)Nc1cccc(CNC(=O)C2CCCN2)c1. The quantitative estimate of drug-likeness (QED) is 0.779. The number of nitrogens with zero attached hydrogens (tertiary/aromatic N) is 1. The molecule has 3 amide bonds. The van der Waals surface area contributed by atoms with Crippen LogP contribution in [0.4, 0.5) is 10.5 Å². The topological polar surface area (TPSA) is 73.5 Å². The Morgan fingerprint density at radius 2 is 2.19 bits per heavy atom. The third-order valence-corrected chi connectivity index (χ3v) is 3.43. The third kappa shape index (κ3) is 4.46. The zero-order valence-corrected chi connectivity index (χ0v) is 12.5. The van der Waals surface area contributed by atoms with Crippen LogP contribution in [0.5, 0.6) is 0 Å². The van der Waals surface area contributed by atoms with E-state index in [1.165, 1.54) is 4.90 Å². The molecule has 3 N–H and O–H groups in total. The van der Waals surface area contributed by atoms with Crippen molar-refractivity contribution in [3.63, 3.8) is 0 Å². The van der Waals surface area contributed by atoms with Crippen molar-refractivity contribution >= 4 is 17.6 Å². The van der Waals surface area contributed by atoms with Crippen molar-refractivity contribution in [2.24, 2.45) is 0 Å². The van der Waals surface area contributed by atoms with E-state index in [9.17, 15) is 9.59 Å². The van der Waals surface area contributed by atoms with Gasteiger partial charge in [0.1, 0.15) is 0 Å². The molecule has 6 nitrogen and oxygen atoms in total. The van der Waals surface area contributed by atoms with Gasteiger partial charge in [-0.25, -0.2) is 4.79 Å². The van der Waals surface area contributed by atoms with Crippen molar-refractivity contribution in [1.29, 1.82) is 0 Å². The molecule has 0 spiro atoms. The summed E-state index contributed by atoms with van der Waals surface area (Å²) in [4.78, 5) is 25.0. The highest BCUT2D eigenvalue weighted by Gasteiger charge is 2.21. The maximum Gasteiger partial charge on any atom is 0.321 e. The number of nitrogens with one attached hydrogen (secondary N) is 3. The Kier molecular flexibility index (Phi) is 5.16. The molecule has 114 valence electrons. The zero-order valence-electron chi connectivity index (χ0n) is 12.5. The van der Waals surface area contributed by atoms with Gasteiger partial charge < -0.3 is 20.9 Å². The molecule has 1 atom stereocenters. The molecular weight excluding hydrogens is 268 g/mol. The number of anilines is 1. The molecule has 2 rings (SSSR count). The smallest absolute Gasteiger partial charge is 0.321 e. The summed E-state index contributed by atoms with van der Waals surface area (Å²) in [5, 5.41) is 8.87. The first-order valence-corrected chi connectivity index (χ1v) is 7.14. The van der Waals surface area contributed by atoms with Crippen molar-refractivity contribution in [2.45, 2.75) is 25.4 Å². The van der Waals surface area contributed by atoms with Gasteiger partial charge in [0, 0.05) is 26.3 Å². The predicted octanol–water partition coefficient (Wildman–Crippen LogP) is 1.15. The normalized spacial score (nSPS) is 17.3. The van der Waals surface area contributed by atoms with Crippen LogP contribution in [0.15, 0.2) is 24.3 Å². The van der Waals surface area contributed by atoms with Gasteiger partial charge in [-0.05, 0) is 37.1 Å². The lowest BCUT2D eigenvalue weighted by Crippen LogP contribution is -2.40.